The smallest absolute Gasteiger partial charge is 0.254 e. The second kappa shape index (κ2) is 9.43. The molecule has 0 unspecified atom stereocenters. The molecule has 0 aliphatic carbocycles. The van der Waals surface area contributed by atoms with Gasteiger partial charge >= 0.3 is 0 Å². The molecular weight excluding hydrogens is 442 g/mol. The average Bonchev–Trinajstić information content (AvgIpc) is 3.56. The summed E-state index contributed by atoms with van der Waals surface area (Å²) in [6.07, 6.45) is 4.45. The van der Waals surface area contributed by atoms with Crippen LogP contribution in [-0.2, 0) is 4.74 Å². The Kier molecular flexibility index (Phi) is 5.99. The van der Waals surface area contributed by atoms with Gasteiger partial charge in [0.15, 0.2) is 11.4 Å². The summed E-state index contributed by atoms with van der Waals surface area (Å²) >= 11 is 0. The van der Waals surface area contributed by atoms with Crippen LogP contribution in [-0.4, -0.2) is 72.3 Å². The number of benzene rings is 2. The van der Waals surface area contributed by atoms with Crippen molar-refractivity contribution in [2.75, 3.05) is 51.4 Å². The van der Waals surface area contributed by atoms with Gasteiger partial charge in [-0.1, -0.05) is 11.6 Å². The zero-order chi connectivity index (χ0) is 23.8. The number of rotatable bonds is 4. The standard InChI is InChI=1S/C26H31N7O2/c1-31-10-8-18(9-11-31)20-4-7-23-22(16-20)25(29-27-23)24-17-33(30-28-24)21-5-2-19(3-6-21)26(34)32-12-14-35-15-13-32/h2-7,16-18,28,30H,8-15H2,1H3,(H,27,29)/p+1. The molecular formula is C26H32N7O2+. The number of morpholine rings is 1. The Hall–Kier alpha value is -3.24. The maximum Gasteiger partial charge on any atom is 0.254 e. The van der Waals surface area contributed by atoms with Crippen molar-refractivity contribution in [1.82, 2.24) is 25.5 Å². The van der Waals surface area contributed by atoms with E-state index in [1.54, 1.807) is 0 Å². The molecule has 3 aromatic rings. The van der Waals surface area contributed by atoms with Gasteiger partial charge in [0.1, 0.15) is 0 Å². The number of piperidine rings is 1. The molecule has 1 aromatic heterocycles. The number of carbonyl (C=O) groups excluding carboxylic acids is 1. The van der Waals surface area contributed by atoms with E-state index in [9.17, 15) is 4.79 Å². The first kappa shape index (κ1) is 22.2. The summed E-state index contributed by atoms with van der Waals surface area (Å²) in [6, 6.07) is 14.4. The lowest BCUT2D eigenvalue weighted by atomic mass is 9.89. The van der Waals surface area contributed by atoms with Crippen LogP contribution in [0.25, 0.3) is 16.6 Å². The largest absolute Gasteiger partial charge is 0.378 e. The highest BCUT2D eigenvalue weighted by Gasteiger charge is 2.25. The van der Waals surface area contributed by atoms with Gasteiger partial charge in [-0.25, -0.2) is 10.4 Å². The quantitative estimate of drug-likeness (QED) is 0.498. The Morgan fingerprint density at radius 1 is 1.06 bits per heavy atom. The number of aromatic nitrogens is 2. The van der Waals surface area contributed by atoms with Gasteiger partial charge < -0.3 is 14.5 Å². The number of ether oxygens (including phenoxy) is 1. The average molecular weight is 475 g/mol. The van der Waals surface area contributed by atoms with Crippen LogP contribution >= 0.6 is 0 Å². The first-order valence-corrected chi connectivity index (χ1v) is 12.4. The van der Waals surface area contributed by atoms with Crippen molar-refractivity contribution >= 4 is 28.2 Å². The molecule has 0 atom stereocenters. The number of nitrogens with zero attached hydrogens (tertiary/aromatic N) is 4. The molecule has 2 saturated heterocycles. The zero-order valence-corrected chi connectivity index (χ0v) is 20.0. The van der Waals surface area contributed by atoms with Crippen molar-refractivity contribution in [3.63, 3.8) is 0 Å². The van der Waals surface area contributed by atoms with E-state index in [2.05, 4.69) is 52.1 Å². The fourth-order valence-electron chi connectivity index (χ4n) is 5.19. The van der Waals surface area contributed by atoms with Crippen LogP contribution in [0.4, 0.5) is 5.69 Å². The summed E-state index contributed by atoms with van der Waals surface area (Å²) in [6.45, 7) is 4.79. The highest BCUT2D eigenvalue weighted by molar-refractivity contribution is 5.94. The number of hydrogen-bond acceptors (Lipinski definition) is 6. The van der Waals surface area contributed by atoms with Crippen molar-refractivity contribution in [3.8, 4) is 0 Å². The summed E-state index contributed by atoms with van der Waals surface area (Å²) in [7, 11) is 2.20. The molecule has 2 aromatic carbocycles. The lowest BCUT2D eigenvalue weighted by Gasteiger charge is -2.29. The lowest BCUT2D eigenvalue weighted by molar-refractivity contribution is -0.618. The second-order valence-corrected chi connectivity index (χ2v) is 9.63. The summed E-state index contributed by atoms with van der Waals surface area (Å²) < 4.78 is 5.35. The summed E-state index contributed by atoms with van der Waals surface area (Å²) in [5.41, 5.74) is 11.4. The highest BCUT2D eigenvalue weighted by atomic mass is 16.5. The second-order valence-electron chi connectivity index (χ2n) is 9.63. The number of nitrogens with one attached hydrogen (secondary N) is 2. The van der Waals surface area contributed by atoms with E-state index in [0.717, 1.165) is 41.1 Å². The van der Waals surface area contributed by atoms with E-state index < -0.39 is 0 Å². The van der Waals surface area contributed by atoms with Gasteiger partial charge in [-0.2, -0.15) is 5.10 Å². The number of H-pyrrole nitrogens is 1. The van der Waals surface area contributed by atoms with E-state index in [0.29, 0.717) is 37.8 Å². The molecule has 9 nitrogen and oxygen atoms in total. The van der Waals surface area contributed by atoms with Gasteiger partial charge in [0, 0.05) is 24.0 Å². The Bertz CT molecular complexity index is 1240. The number of carbonyl (C=O) groups is 1. The lowest BCUT2D eigenvalue weighted by Crippen LogP contribution is -2.90. The molecule has 0 bridgehead atoms. The molecule has 0 spiro atoms. The number of amides is 1. The van der Waals surface area contributed by atoms with Crippen LogP contribution in [0.2, 0.25) is 0 Å². The van der Waals surface area contributed by atoms with Gasteiger partial charge in [0.25, 0.3) is 5.91 Å². The van der Waals surface area contributed by atoms with Gasteiger partial charge in [0.2, 0.25) is 0 Å². The minimum absolute atomic E-state index is 0.0560. The van der Waals surface area contributed by atoms with Gasteiger partial charge in [-0.3, -0.25) is 9.89 Å². The highest BCUT2D eigenvalue weighted by Crippen LogP contribution is 2.31. The summed E-state index contributed by atoms with van der Waals surface area (Å²) in [5.74, 6) is 0.661. The number of anilines is 1. The monoisotopic (exact) mass is 474 g/mol. The Labute approximate surface area is 204 Å². The van der Waals surface area contributed by atoms with Crippen LogP contribution in [0.1, 0.15) is 40.4 Å². The van der Waals surface area contributed by atoms with E-state index in [1.807, 2.05) is 39.6 Å². The topological polar surface area (TPSA) is 93.3 Å². The van der Waals surface area contributed by atoms with Crippen LogP contribution in [0, 0.1) is 0 Å². The molecule has 6 rings (SSSR count). The van der Waals surface area contributed by atoms with Crippen molar-refractivity contribution < 1.29 is 15.0 Å². The molecule has 0 saturated carbocycles. The predicted molar refractivity (Wildman–Crippen MR) is 134 cm³/mol. The number of hydrogen-bond donors (Lipinski definition) is 3. The predicted octanol–water partition coefficient (Wildman–Crippen LogP) is 1.65. The third-order valence-electron chi connectivity index (χ3n) is 7.37. The van der Waals surface area contributed by atoms with Crippen molar-refractivity contribution in [2.24, 2.45) is 0 Å². The van der Waals surface area contributed by atoms with Crippen LogP contribution in [0.5, 0.6) is 0 Å². The maximum absolute atomic E-state index is 12.7. The number of aromatic amines is 1. The zero-order valence-electron chi connectivity index (χ0n) is 20.0. The van der Waals surface area contributed by atoms with Crippen molar-refractivity contribution in [1.29, 1.82) is 0 Å². The number of likely N-dealkylation sites (tertiary alicyclic amines) is 1. The van der Waals surface area contributed by atoms with Gasteiger partial charge in [-0.15, -0.1) is 0 Å². The molecule has 1 amide bonds. The molecule has 4 heterocycles. The first-order valence-electron chi connectivity index (χ1n) is 12.4. The SMILES string of the molecule is CN1CCC(c2ccc3[nH]nc(C4=CN(c5ccc(C(=O)N6CCOCC6)cc5)N[NH2+]4)c3c2)CC1. The normalized spacial score (nSPS) is 20.0. The molecule has 0 radical (unpaired) electrons. The number of hydrazine groups is 1. The number of fused-ring (bicyclic) bond motifs is 1. The summed E-state index contributed by atoms with van der Waals surface area (Å²) in [5, 5.41) is 10.9. The Morgan fingerprint density at radius 2 is 1.83 bits per heavy atom. The van der Waals surface area contributed by atoms with Crippen LogP contribution < -0.4 is 16.0 Å². The molecule has 9 heteroatoms. The Morgan fingerprint density at radius 3 is 2.60 bits per heavy atom. The van der Waals surface area contributed by atoms with Crippen LogP contribution in [0.3, 0.4) is 0 Å². The fourth-order valence-corrected chi connectivity index (χ4v) is 5.19. The van der Waals surface area contributed by atoms with Crippen molar-refractivity contribution in [3.05, 3.63) is 65.5 Å². The number of nitrogens with two attached hydrogens (primary N) is 1. The third kappa shape index (κ3) is 4.43. The van der Waals surface area contributed by atoms with Gasteiger partial charge in [0.05, 0.1) is 30.6 Å². The van der Waals surface area contributed by atoms with E-state index in [1.165, 1.54) is 18.4 Å². The molecule has 4 N–H and O–H groups in total. The fraction of sp³-hybridized carbons (Fsp3) is 0.385. The van der Waals surface area contributed by atoms with Crippen LogP contribution in [0.15, 0.2) is 48.7 Å². The molecule has 182 valence electrons. The first-order chi connectivity index (χ1) is 17.2. The van der Waals surface area contributed by atoms with Crippen molar-refractivity contribution in [2.45, 2.75) is 18.8 Å². The molecule has 2 fully saturated rings. The van der Waals surface area contributed by atoms with E-state index in [-0.39, 0.29) is 5.91 Å². The van der Waals surface area contributed by atoms with E-state index in [4.69, 9.17) is 4.74 Å². The summed E-state index contributed by atoms with van der Waals surface area (Å²) in [4.78, 5) is 17.0. The third-order valence-corrected chi connectivity index (χ3v) is 7.37. The molecule has 3 aliphatic rings. The molecule has 3 aliphatic heterocycles. The maximum atomic E-state index is 12.7. The van der Waals surface area contributed by atoms with Gasteiger partial charge in [-0.05, 0) is 80.9 Å². The Balaban J connectivity index is 1.20. The number of quaternary nitrogens is 1. The molecule has 35 heavy (non-hydrogen) atoms. The minimum atomic E-state index is 0.0560. The van der Waals surface area contributed by atoms with E-state index >= 15 is 0 Å². The minimum Gasteiger partial charge on any atom is -0.378 e.